The summed E-state index contributed by atoms with van der Waals surface area (Å²) in [6.45, 7) is 23.6. The Balaban J connectivity index is 1.85. The minimum atomic E-state index is 0.301. The van der Waals surface area contributed by atoms with Crippen molar-refractivity contribution in [2.45, 2.75) is 92.9 Å². The van der Waals surface area contributed by atoms with Gasteiger partial charge in [-0.1, -0.05) is 83.2 Å². The van der Waals surface area contributed by atoms with E-state index in [2.05, 4.69) is 85.1 Å². The van der Waals surface area contributed by atoms with Crippen molar-refractivity contribution in [3.8, 4) is 0 Å². The Hall–Kier alpha value is -1.82. The Labute approximate surface area is 204 Å². The smallest absolute Gasteiger partial charge is 0.00585 e. The minimum Gasteiger partial charge on any atom is -0.0993 e. The molecule has 4 unspecified atom stereocenters. The largest absolute Gasteiger partial charge is 0.0993 e. The summed E-state index contributed by atoms with van der Waals surface area (Å²) in [6, 6.07) is 2.43. The molecule has 0 heterocycles. The Morgan fingerprint density at radius 3 is 2.67 bits per heavy atom. The summed E-state index contributed by atoms with van der Waals surface area (Å²) in [4.78, 5) is 0. The van der Waals surface area contributed by atoms with Crippen LogP contribution in [0.2, 0.25) is 0 Å². The second-order valence-corrected chi connectivity index (χ2v) is 12.2. The van der Waals surface area contributed by atoms with E-state index < -0.39 is 0 Å². The van der Waals surface area contributed by atoms with E-state index in [0.717, 1.165) is 24.7 Å². The lowest BCUT2D eigenvalue weighted by Crippen LogP contribution is -2.51. The van der Waals surface area contributed by atoms with Crippen molar-refractivity contribution in [1.29, 1.82) is 0 Å². The molecule has 0 radical (unpaired) electrons. The van der Waals surface area contributed by atoms with Gasteiger partial charge in [-0.3, -0.25) is 0 Å². The number of hydrogen-bond donors (Lipinski definition) is 0. The van der Waals surface area contributed by atoms with Crippen molar-refractivity contribution in [2.24, 2.45) is 28.6 Å². The molecule has 0 aliphatic heterocycles. The SMILES string of the molecule is C=C(Cc1c(/C=C\C)cc2c(c1CC1(C)C(C)CCC3(C)C(=C)CCCC31)CC=C2)C(C)C. The van der Waals surface area contributed by atoms with Crippen molar-refractivity contribution in [1.82, 2.24) is 0 Å². The number of benzene rings is 1. The van der Waals surface area contributed by atoms with Crippen LogP contribution in [0.15, 0.2) is 42.5 Å². The predicted octanol–water partition coefficient (Wildman–Crippen LogP) is 9.38. The van der Waals surface area contributed by atoms with E-state index in [1.54, 1.807) is 16.7 Å². The lowest BCUT2D eigenvalue weighted by molar-refractivity contribution is -0.0490. The van der Waals surface area contributed by atoms with Gasteiger partial charge in [0.15, 0.2) is 0 Å². The first-order valence-electron chi connectivity index (χ1n) is 13.4. The maximum absolute atomic E-state index is 4.61. The van der Waals surface area contributed by atoms with Crippen molar-refractivity contribution >= 4 is 12.2 Å². The molecule has 1 aromatic rings. The maximum atomic E-state index is 4.61. The van der Waals surface area contributed by atoms with Crippen LogP contribution in [0.3, 0.4) is 0 Å². The molecule has 0 N–H and O–H groups in total. The highest BCUT2D eigenvalue weighted by molar-refractivity contribution is 5.70. The summed E-state index contributed by atoms with van der Waals surface area (Å²) in [5.41, 5.74) is 11.1. The lowest BCUT2D eigenvalue weighted by atomic mass is 9.46. The summed E-state index contributed by atoms with van der Waals surface area (Å²) in [5.74, 6) is 1.97. The summed E-state index contributed by atoms with van der Waals surface area (Å²) in [5, 5.41) is 0. The van der Waals surface area contributed by atoms with Crippen LogP contribution in [0.5, 0.6) is 0 Å². The second kappa shape index (κ2) is 9.09. The second-order valence-electron chi connectivity index (χ2n) is 12.2. The van der Waals surface area contributed by atoms with Crippen LogP contribution in [0, 0.1) is 28.6 Å². The predicted molar refractivity (Wildman–Crippen MR) is 146 cm³/mol. The van der Waals surface area contributed by atoms with Crippen LogP contribution in [0.1, 0.15) is 101 Å². The van der Waals surface area contributed by atoms with E-state index in [-0.39, 0.29) is 0 Å². The third-order valence-corrected chi connectivity index (χ3v) is 10.0. The van der Waals surface area contributed by atoms with Crippen LogP contribution in [-0.4, -0.2) is 0 Å². The monoisotopic (exact) mass is 442 g/mol. The molecule has 0 saturated heterocycles. The molecule has 0 spiro atoms. The van der Waals surface area contributed by atoms with Gasteiger partial charge < -0.3 is 0 Å². The summed E-state index contributed by atoms with van der Waals surface area (Å²) in [7, 11) is 0. The first-order valence-corrected chi connectivity index (χ1v) is 13.4. The van der Waals surface area contributed by atoms with Gasteiger partial charge in [-0.2, -0.15) is 0 Å². The van der Waals surface area contributed by atoms with Gasteiger partial charge in [-0.15, -0.1) is 0 Å². The lowest BCUT2D eigenvalue weighted by Gasteiger charge is -2.59. The Morgan fingerprint density at radius 1 is 1.21 bits per heavy atom. The minimum absolute atomic E-state index is 0.301. The molecule has 178 valence electrons. The number of allylic oxidation sites excluding steroid dienone is 4. The Bertz CT molecular complexity index is 999. The highest BCUT2D eigenvalue weighted by atomic mass is 14.6. The van der Waals surface area contributed by atoms with Gasteiger partial charge in [0.05, 0.1) is 0 Å². The molecule has 4 rings (SSSR count). The van der Waals surface area contributed by atoms with E-state index in [4.69, 9.17) is 0 Å². The number of rotatable bonds is 6. The van der Waals surface area contributed by atoms with E-state index in [0.29, 0.717) is 16.7 Å². The number of fused-ring (bicyclic) bond motifs is 2. The maximum Gasteiger partial charge on any atom is -0.00585 e. The molecule has 1 aromatic carbocycles. The van der Waals surface area contributed by atoms with Gasteiger partial charge >= 0.3 is 0 Å². The Morgan fingerprint density at radius 2 is 1.97 bits per heavy atom. The zero-order valence-corrected chi connectivity index (χ0v) is 22.2. The molecule has 0 amide bonds. The summed E-state index contributed by atoms with van der Waals surface area (Å²) < 4.78 is 0. The molecule has 0 nitrogen and oxygen atoms in total. The third-order valence-electron chi connectivity index (χ3n) is 10.0. The molecule has 0 aromatic heterocycles. The van der Waals surface area contributed by atoms with Crippen LogP contribution < -0.4 is 0 Å². The van der Waals surface area contributed by atoms with E-state index in [1.807, 2.05) is 0 Å². The highest BCUT2D eigenvalue weighted by Gasteiger charge is 2.54. The quantitative estimate of drug-likeness (QED) is 0.385. The average molecular weight is 443 g/mol. The molecule has 2 saturated carbocycles. The first-order chi connectivity index (χ1) is 15.6. The molecule has 3 aliphatic rings. The molecule has 0 bridgehead atoms. The highest BCUT2D eigenvalue weighted by Crippen LogP contribution is 2.62. The van der Waals surface area contributed by atoms with Gasteiger partial charge in [-0.05, 0) is 121 Å². The van der Waals surface area contributed by atoms with Gasteiger partial charge in [-0.25, -0.2) is 0 Å². The molecule has 33 heavy (non-hydrogen) atoms. The normalized spacial score (nSPS) is 31.3. The number of hydrogen-bond acceptors (Lipinski definition) is 0. The first kappa shape index (κ1) is 24.3. The summed E-state index contributed by atoms with van der Waals surface area (Å²) >= 11 is 0. The molecular formula is C33H46. The van der Waals surface area contributed by atoms with Gasteiger partial charge in [0.25, 0.3) is 0 Å². The van der Waals surface area contributed by atoms with Crippen LogP contribution in [0.4, 0.5) is 0 Å². The topological polar surface area (TPSA) is 0 Å². The van der Waals surface area contributed by atoms with Gasteiger partial charge in [0.2, 0.25) is 0 Å². The fourth-order valence-corrected chi connectivity index (χ4v) is 7.39. The molecule has 3 aliphatic carbocycles. The van der Waals surface area contributed by atoms with Gasteiger partial charge in [0.1, 0.15) is 0 Å². The molecule has 0 heteroatoms. The molecular weight excluding hydrogens is 396 g/mol. The van der Waals surface area contributed by atoms with E-state index in [1.165, 1.54) is 60.8 Å². The summed E-state index contributed by atoms with van der Waals surface area (Å²) in [6.07, 6.45) is 19.1. The standard InChI is InChI=1S/C33H46/c1-9-12-26-20-27-14-11-15-28(27)30(29(26)19-23(4)22(2)3)21-33(8)25(6)17-18-32(7)24(5)13-10-16-31(32)33/h9,11-12,14,20,22,25,31H,4-5,10,13,15-19,21H2,1-3,6-8H3/b12-9-. The van der Waals surface area contributed by atoms with Crippen LogP contribution in [0.25, 0.3) is 12.2 Å². The fraction of sp³-hybridized carbons (Fsp3) is 0.576. The average Bonchev–Trinajstić information content (AvgIpc) is 3.23. The zero-order valence-electron chi connectivity index (χ0n) is 22.2. The molecule has 4 atom stereocenters. The Kier molecular flexibility index (Phi) is 6.69. The van der Waals surface area contributed by atoms with Crippen molar-refractivity contribution in [2.75, 3.05) is 0 Å². The van der Waals surface area contributed by atoms with Gasteiger partial charge in [0, 0.05) is 0 Å². The third kappa shape index (κ3) is 4.13. The fourth-order valence-electron chi connectivity index (χ4n) is 7.39. The van der Waals surface area contributed by atoms with Crippen molar-refractivity contribution in [3.63, 3.8) is 0 Å². The van der Waals surface area contributed by atoms with E-state index in [9.17, 15) is 0 Å². The van der Waals surface area contributed by atoms with Crippen LogP contribution in [-0.2, 0) is 19.3 Å². The zero-order chi connectivity index (χ0) is 24.0. The van der Waals surface area contributed by atoms with Crippen molar-refractivity contribution in [3.05, 3.63) is 70.3 Å². The van der Waals surface area contributed by atoms with E-state index >= 15 is 0 Å². The van der Waals surface area contributed by atoms with Crippen molar-refractivity contribution < 1.29 is 0 Å². The molecule has 2 fully saturated rings. The van der Waals surface area contributed by atoms with Crippen LogP contribution >= 0.6 is 0 Å².